The van der Waals surface area contributed by atoms with Crippen molar-refractivity contribution in [3.05, 3.63) is 56.4 Å². The van der Waals surface area contributed by atoms with E-state index in [0.717, 1.165) is 9.75 Å². The summed E-state index contributed by atoms with van der Waals surface area (Å²) in [6.45, 7) is 4.66. The zero-order valence-electron chi connectivity index (χ0n) is 10.8. The van der Waals surface area contributed by atoms with Crippen molar-refractivity contribution in [2.24, 2.45) is 5.73 Å². The standard InChI is InChI=1S/C14H15ClN2OS2/c1-2-7-17(9-10-5-6-12(15)20-10)14(18)13(16)11-4-3-8-19-11/h2-6,8,13H,1,7,9,16H2. The van der Waals surface area contributed by atoms with Crippen LogP contribution in [0.2, 0.25) is 4.34 Å². The van der Waals surface area contributed by atoms with Crippen molar-refractivity contribution in [3.63, 3.8) is 0 Å². The Hall–Kier alpha value is -1.14. The first-order valence-electron chi connectivity index (χ1n) is 6.04. The third-order valence-corrected chi connectivity index (χ3v) is 4.92. The molecule has 2 aromatic heterocycles. The molecule has 0 aliphatic carbocycles. The van der Waals surface area contributed by atoms with Gasteiger partial charge in [0.15, 0.2) is 0 Å². The van der Waals surface area contributed by atoms with Gasteiger partial charge in [0.2, 0.25) is 5.91 Å². The number of carbonyl (C=O) groups is 1. The van der Waals surface area contributed by atoms with Crippen LogP contribution in [0.15, 0.2) is 42.3 Å². The summed E-state index contributed by atoms with van der Waals surface area (Å²) >= 11 is 8.87. The van der Waals surface area contributed by atoms with Crippen molar-refractivity contribution in [2.45, 2.75) is 12.6 Å². The van der Waals surface area contributed by atoms with Crippen molar-refractivity contribution in [1.82, 2.24) is 4.90 Å². The molecule has 1 amide bonds. The van der Waals surface area contributed by atoms with Crippen LogP contribution < -0.4 is 5.73 Å². The largest absolute Gasteiger partial charge is 0.332 e. The van der Waals surface area contributed by atoms with Crippen LogP contribution in [0.5, 0.6) is 0 Å². The number of thiophene rings is 2. The predicted octanol–water partition coefficient (Wildman–Crippen LogP) is 3.68. The monoisotopic (exact) mass is 326 g/mol. The summed E-state index contributed by atoms with van der Waals surface area (Å²) in [5.74, 6) is -0.100. The van der Waals surface area contributed by atoms with Crippen molar-refractivity contribution in [3.8, 4) is 0 Å². The van der Waals surface area contributed by atoms with Gasteiger partial charge < -0.3 is 10.6 Å². The Labute approximate surface area is 131 Å². The lowest BCUT2D eigenvalue weighted by atomic mass is 10.2. The summed E-state index contributed by atoms with van der Waals surface area (Å²) in [6.07, 6.45) is 1.70. The summed E-state index contributed by atoms with van der Waals surface area (Å²) in [5.41, 5.74) is 6.04. The highest BCUT2D eigenvalue weighted by Crippen LogP contribution is 2.24. The van der Waals surface area contributed by atoms with E-state index in [1.807, 2.05) is 29.6 Å². The number of halogens is 1. The van der Waals surface area contributed by atoms with E-state index in [-0.39, 0.29) is 5.91 Å². The maximum absolute atomic E-state index is 12.5. The van der Waals surface area contributed by atoms with Gasteiger partial charge >= 0.3 is 0 Å². The predicted molar refractivity (Wildman–Crippen MR) is 86.2 cm³/mol. The maximum Gasteiger partial charge on any atom is 0.245 e. The van der Waals surface area contributed by atoms with E-state index in [2.05, 4.69) is 6.58 Å². The van der Waals surface area contributed by atoms with Gasteiger partial charge in [-0.05, 0) is 23.6 Å². The molecule has 0 aliphatic rings. The minimum atomic E-state index is -0.620. The quantitative estimate of drug-likeness (QED) is 0.823. The molecule has 6 heteroatoms. The minimum Gasteiger partial charge on any atom is -0.332 e. The highest BCUT2D eigenvalue weighted by Gasteiger charge is 2.23. The topological polar surface area (TPSA) is 46.3 Å². The average Bonchev–Trinajstić information content (AvgIpc) is 3.08. The molecule has 1 unspecified atom stereocenters. The Kier molecular flexibility index (Phi) is 5.37. The van der Waals surface area contributed by atoms with E-state index in [4.69, 9.17) is 17.3 Å². The fourth-order valence-electron chi connectivity index (χ4n) is 1.80. The number of nitrogens with zero attached hydrogens (tertiary/aromatic N) is 1. The molecular formula is C14H15ClN2OS2. The van der Waals surface area contributed by atoms with Gasteiger partial charge in [0.1, 0.15) is 6.04 Å². The van der Waals surface area contributed by atoms with Crippen LogP contribution >= 0.6 is 34.3 Å². The second-order valence-corrected chi connectivity index (χ2v) is 6.99. The smallest absolute Gasteiger partial charge is 0.245 e. The Morgan fingerprint density at radius 2 is 2.30 bits per heavy atom. The first-order chi connectivity index (χ1) is 9.61. The van der Waals surface area contributed by atoms with Crippen LogP contribution in [0.25, 0.3) is 0 Å². The molecule has 0 aliphatic heterocycles. The summed E-state index contributed by atoms with van der Waals surface area (Å²) in [6, 6.07) is 6.90. The molecule has 106 valence electrons. The van der Waals surface area contributed by atoms with Gasteiger partial charge in [-0.2, -0.15) is 0 Å². The molecule has 3 nitrogen and oxygen atoms in total. The molecule has 2 heterocycles. The second kappa shape index (κ2) is 7.04. The Bertz CT molecular complexity index is 580. The van der Waals surface area contributed by atoms with E-state index >= 15 is 0 Å². The lowest BCUT2D eigenvalue weighted by Gasteiger charge is -2.23. The number of amides is 1. The first-order valence-corrected chi connectivity index (χ1v) is 8.12. The number of hydrogen-bond acceptors (Lipinski definition) is 4. The molecule has 0 bridgehead atoms. The number of hydrogen-bond donors (Lipinski definition) is 1. The molecule has 2 rings (SSSR count). The molecule has 0 fully saturated rings. The highest BCUT2D eigenvalue weighted by molar-refractivity contribution is 7.16. The van der Waals surface area contributed by atoms with Crippen molar-refractivity contribution in [1.29, 1.82) is 0 Å². The SMILES string of the molecule is C=CCN(Cc1ccc(Cl)s1)C(=O)C(N)c1cccs1. The normalized spacial score (nSPS) is 12.1. The minimum absolute atomic E-state index is 0.100. The molecule has 0 radical (unpaired) electrons. The summed E-state index contributed by atoms with van der Waals surface area (Å²) in [4.78, 5) is 16.1. The van der Waals surface area contributed by atoms with E-state index in [0.29, 0.717) is 17.4 Å². The van der Waals surface area contributed by atoms with Gasteiger partial charge in [0.05, 0.1) is 10.9 Å². The third kappa shape index (κ3) is 3.70. The molecule has 0 spiro atoms. The maximum atomic E-state index is 12.5. The Balaban J connectivity index is 2.11. The van der Waals surface area contributed by atoms with E-state index in [9.17, 15) is 4.79 Å². The van der Waals surface area contributed by atoms with Gasteiger partial charge in [-0.1, -0.05) is 23.7 Å². The first kappa shape index (κ1) is 15.3. The highest BCUT2D eigenvalue weighted by atomic mass is 35.5. The average molecular weight is 327 g/mol. The van der Waals surface area contributed by atoms with Crippen LogP contribution in [-0.4, -0.2) is 17.4 Å². The third-order valence-electron chi connectivity index (χ3n) is 2.75. The molecule has 0 saturated heterocycles. The van der Waals surface area contributed by atoms with Gasteiger partial charge in [0, 0.05) is 16.3 Å². The van der Waals surface area contributed by atoms with Crippen LogP contribution in [0, 0.1) is 0 Å². The van der Waals surface area contributed by atoms with Crippen molar-refractivity contribution in [2.75, 3.05) is 6.54 Å². The molecule has 2 N–H and O–H groups in total. The zero-order valence-corrected chi connectivity index (χ0v) is 13.2. The number of carbonyl (C=O) groups excluding carboxylic acids is 1. The van der Waals surface area contributed by atoms with Gasteiger partial charge in [0.25, 0.3) is 0 Å². The van der Waals surface area contributed by atoms with Crippen LogP contribution in [0.3, 0.4) is 0 Å². The lowest BCUT2D eigenvalue weighted by Crippen LogP contribution is -2.37. The fourth-order valence-corrected chi connectivity index (χ4v) is 3.62. The van der Waals surface area contributed by atoms with Gasteiger partial charge in [-0.15, -0.1) is 29.3 Å². The summed E-state index contributed by atoms with van der Waals surface area (Å²) in [5, 5.41) is 1.92. The van der Waals surface area contributed by atoms with E-state index in [1.165, 1.54) is 22.7 Å². The molecule has 20 heavy (non-hydrogen) atoms. The van der Waals surface area contributed by atoms with Crippen LogP contribution in [0.1, 0.15) is 15.8 Å². The molecule has 1 atom stereocenters. The number of nitrogens with two attached hydrogens (primary N) is 1. The summed E-state index contributed by atoms with van der Waals surface area (Å²) in [7, 11) is 0. The zero-order chi connectivity index (χ0) is 14.5. The van der Waals surface area contributed by atoms with Crippen molar-refractivity contribution >= 4 is 40.2 Å². The van der Waals surface area contributed by atoms with E-state index < -0.39 is 6.04 Å². The lowest BCUT2D eigenvalue weighted by molar-refractivity contribution is -0.132. The van der Waals surface area contributed by atoms with Crippen LogP contribution in [0.4, 0.5) is 0 Å². The Morgan fingerprint density at radius 3 is 2.85 bits per heavy atom. The second-order valence-electron chi connectivity index (χ2n) is 4.21. The molecule has 0 saturated carbocycles. The fraction of sp³-hybridized carbons (Fsp3) is 0.214. The molecule has 0 aromatic carbocycles. The van der Waals surface area contributed by atoms with Gasteiger partial charge in [-0.3, -0.25) is 4.79 Å². The summed E-state index contributed by atoms with van der Waals surface area (Å²) < 4.78 is 0.716. The van der Waals surface area contributed by atoms with Gasteiger partial charge in [-0.25, -0.2) is 0 Å². The molecule has 2 aromatic rings. The number of rotatable bonds is 6. The Morgan fingerprint density at radius 1 is 1.50 bits per heavy atom. The van der Waals surface area contributed by atoms with Crippen LogP contribution in [-0.2, 0) is 11.3 Å². The molecular weight excluding hydrogens is 312 g/mol. The van der Waals surface area contributed by atoms with Crippen molar-refractivity contribution < 1.29 is 4.79 Å². The van der Waals surface area contributed by atoms with E-state index in [1.54, 1.807) is 11.0 Å².